The Balaban J connectivity index is 2.68. The van der Waals surface area contributed by atoms with Crippen molar-refractivity contribution in [3.63, 3.8) is 0 Å². The number of hydrogen-bond acceptors (Lipinski definition) is 2. The van der Waals surface area contributed by atoms with Gasteiger partial charge in [0.2, 0.25) is 0 Å². The molecule has 1 amide bonds. The Labute approximate surface area is 110 Å². The molecule has 1 aromatic carbocycles. The van der Waals surface area contributed by atoms with Crippen LogP contribution in [0.15, 0.2) is 30.3 Å². The molecule has 1 rings (SSSR count). The fraction of sp³-hybridized carbons (Fsp3) is 0.308. The summed E-state index contributed by atoms with van der Waals surface area (Å²) in [6, 6.07) is 9.81. The summed E-state index contributed by atoms with van der Waals surface area (Å²) in [4.78, 5) is 15.8. The summed E-state index contributed by atoms with van der Waals surface area (Å²) in [5, 5.41) is 0. The van der Waals surface area contributed by atoms with E-state index in [1.165, 1.54) is 0 Å². The van der Waals surface area contributed by atoms with Crippen LogP contribution in [0.4, 0.5) is 0 Å². The number of rotatable bonds is 5. The molecule has 0 saturated heterocycles. The lowest BCUT2D eigenvalue weighted by Gasteiger charge is -2.19. The molecule has 0 N–H and O–H groups in total. The average Bonchev–Trinajstić information content (AvgIpc) is 2.36. The van der Waals surface area contributed by atoms with Gasteiger partial charge >= 0.3 is 0 Å². The maximum absolute atomic E-state index is 11.7. The van der Waals surface area contributed by atoms with Crippen LogP contribution in [0.2, 0.25) is 0 Å². The van der Waals surface area contributed by atoms with Gasteiger partial charge in [-0.3, -0.25) is 4.79 Å². The Morgan fingerprint density at radius 2 is 2.12 bits per heavy atom. The maximum atomic E-state index is 11.7. The molecule has 0 radical (unpaired) electrons. The monoisotopic (exact) mass is 295 g/mol. The normalized spacial score (nSPS) is 9.29. The van der Waals surface area contributed by atoms with Gasteiger partial charge in [0.15, 0.2) is 0 Å². The minimum absolute atomic E-state index is 0.206. The molecule has 0 spiro atoms. The third-order valence-corrected chi connectivity index (χ3v) is 2.42. The molecule has 17 heavy (non-hydrogen) atoms. The Morgan fingerprint density at radius 1 is 1.41 bits per heavy atom. The predicted molar refractivity (Wildman–Crippen MR) is 70.4 cm³/mol. The maximum Gasteiger partial charge on any atom is 0.299 e. The minimum atomic E-state index is -0.206. The molecule has 0 saturated carbocycles. The van der Waals surface area contributed by atoms with E-state index in [4.69, 9.17) is 4.74 Å². The van der Waals surface area contributed by atoms with Crippen LogP contribution in [0, 0.1) is 10.8 Å². The first kappa shape index (κ1) is 13.8. The Morgan fingerprint density at radius 3 is 2.71 bits per heavy atom. The second kappa shape index (κ2) is 7.88. The first-order chi connectivity index (χ1) is 8.27. The second-order valence-corrected chi connectivity index (χ2v) is 3.82. The fourth-order valence-corrected chi connectivity index (χ4v) is 1.55. The zero-order valence-corrected chi connectivity index (χ0v) is 11.2. The molecule has 3 nitrogen and oxygen atoms in total. The molecule has 0 fully saturated rings. The van der Waals surface area contributed by atoms with Crippen molar-refractivity contribution in [2.24, 2.45) is 0 Å². The van der Waals surface area contributed by atoms with Gasteiger partial charge in [0.1, 0.15) is 0 Å². The van der Waals surface area contributed by atoms with Crippen molar-refractivity contribution >= 4 is 21.8 Å². The van der Waals surface area contributed by atoms with Crippen molar-refractivity contribution < 1.29 is 9.53 Å². The van der Waals surface area contributed by atoms with E-state index < -0.39 is 0 Å². The Kier molecular flexibility index (Phi) is 6.38. The standard InChI is InChI=1S/C13H14BrNO2/c1-17-10-9-15(13(16)7-8-14)11-12-5-3-2-4-6-12/h2-6H,9-11H2,1H3. The highest BCUT2D eigenvalue weighted by molar-refractivity contribution is 9.12. The van der Waals surface area contributed by atoms with E-state index in [9.17, 15) is 4.79 Å². The van der Waals surface area contributed by atoms with Gasteiger partial charge in [-0.15, -0.1) is 0 Å². The quantitative estimate of drug-likeness (QED) is 0.778. The highest BCUT2D eigenvalue weighted by Crippen LogP contribution is 2.04. The molecule has 0 aliphatic carbocycles. The molecule has 1 aromatic rings. The highest BCUT2D eigenvalue weighted by Gasteiger charge is 2.11. The van der Waals surface area contributed by atoms with Gasteiger partial charge in [-0.25, -0.2) is 0 Å². The van der Waals surface area contributed by atoms with Crippen LogP contribution in [0.5, 0.6) is 0 Å². The van der Waals surface area contributed by atoms with Gasteiger partial charge in [-0.1, -0.05) is 30.3 Å². The van der Waals surface area contributed by atoms with Gasteiger partial charge < -0.3 is 9.64 Å². The first-order valence-electron chi connectivity index (χ1n) is 5.21. The summed E-state index contributed by atoms with van der Waals surface area (Å²) in [6.45, 7) is 1.58. The molecule has 0 heterocycles. The summed E-state index contributed by atoms with van der Waals surface area (Å²) in [6.07, 6.45) is 0. The first-order valence-corrected chi connectivity index (χ1v) is 6.00. The average molecular weight is 296 g/mol. The number of methoxy groups -OCH3 is 1. The smallest absolute Gasteiger partial charge is 0.299 e. The fourth-order valence-electron chi connectivity index (χ4n) is 1.38. The zero-order valence-electron chi connectivity index (χ0n) is 9.65. The van der Waals surface area contributed by atoms with Crippen molar-refractivity contribution in [2.45, 2.75) is 6.54 Å². The molecule has 0 aliphatic heterocycles. The van der Waals surface area contributed by atoms with Crippen molar-refractivity contribution in [1.82, 2.24) is 4.90 Å². The number of amides is 1. The highest BCUT2D eigenvalue weighted by atomic mass is 79.9. The zero-order chi connectivity index (χ0) is 12.5. The third kappa shape index (κ3) is 5.03. The van der Waals surface area contributed by atoms with Gasteiger partial charge in [0.25, 0.3) is 5.91 Å². The van der Waals surface area contributed by atoms with E-state index in [0.29, 0.717) is 19.7 Å². The molecule has 0 bridgehead atoms. The van der Waals surface area contributed by atoms with E-state index in [2.05, 4.69) is 26.7 Å². The van der Waals surface area contributed by atoms with Gasteiger partial charge in [-0.2, -0.15) is 0 Å². The summed E-state index contributed by atoms with van der Waals surface area (Å²) in [7, 11) is 1.61. The summed E-state index contributed by atoms with van der Waals surface area (Å²) in [5.41, 5.74) is 1.08. The number of nitrogens with zero attached hydrogens (tertiary/aromatic N) is 1. The van der Waals surface area contributed by atoms with Crippen molar-refractivity contribution in [3.05, 3.63) is 35.9 Å². The largest absolute Gasteiger partial charge is 0.383 e. The number of carbonyl (C=O) groups is 1. The molecular formula is C13H14BrNO2. The van der Waals surface area contributed by atoms with Crippen molar-refractivity contribution in [3.8, 4) is 10.8 Å². The van der Waals surface area contributed by atoms with Crippen LogP contribution in [-0.4, -0.2) is 31.1 Å². The van der Waals surface area contributed by atoms with E-state index >= 15 is 0 Å². The third-order valence-electron chi connectivity index (χ3n) is 2.22. The van der Waals surface area contributed by atoms with E-state index in [1.807, 2.05) is 30.3 Å². The number of halogens is 1. The molecule has 90 valence electrons. The van der Waals surface area contributed by atoms with E-state index in [1.54, 1.807) is 12.0 Å². The van der Waals surface area contributed by atoms with Crippen LogP contribution in [0.25, 0.3) is 0 Å². The van der Waals surface area contributed by atoms with Crippen molar-refractivity contribution in [1.29, 1.82) is 0 Å². The molecule has 4 heteroatoms. The summed E-state index contributed by atoms with van der Waals surface area (Å²) < 4.78 is 4.98. The lowest BCUT2D eigenvalue weighted by atomic mass is 10.2. The van der Waals surface area contributed by atoms with Crippen LogP contribution in [0.3, 0.4) is 0 Å². The number of benzene rings is 1. The van der Waals surface area contributed by atoms with Crippen LogP contribution < -0.4 is 0 Å². The lowest BCUT2D eigenvalue weighted by molar-refractivity contribution is -0.126. The molecule has 0 atom stereocenters. The minimum Gasteiger partial charge on any atom is -0.383 e. The topological polar surface area (TPSA) is 29.5 Å². The summed E-state index contributed by atoms with van der Waals surface area (Å²) >= 11 is 2.93. The van der Waals surface area contributed by atoms with Crippen LogP contribution in [-0.2, 0) is 16.1 Å². The SMILES string of the molecule is COCCN(Cc1ccccc1)C(=O)C#CBr. The van der Waals surface area contributed by atoms with Crippen LogP contribution in [0.1, 0.15) is 5.56 Å². The Bertz CT molecular complexity index is 408. The molecule has 0 aromatic heterocycles. The molecule has 0 aliphatic rings. The van der Waals surface area contributed by atoms with E-state index in [-0.39, 0.29) is 5.91 Å². The number of ether oxygens (including phenoxy) is 1. The number of hydrogen-bond donors (Lipinski definition) is 0. The number of carbonyl (C=O) groups excluding carboxylic acids is 1. The van der Waals surface area contributed by atoms with Crippen LogP contribution >= 0.6 is 15.9 Å². The lowest BCUT2D eigenvalue weighted by Crippen LogP contribution is -2.32. The van der Waals surface area contributed by atoms with Gasteiger partial charge in [0, 0.05) is 42.0 Å². The molecular weight excluding hydrogens is 282 g/mol. The second-order valence-electron chi connectivity index (χ2n) is 3.42. The Hall–Kier alpha value is -1.31. The predicted octanol–water partition coefficient (Wildman–Crippen LogP) is 2.02. The van der Waals surface area contributed by atoms with Gasteiger partial charge in [-0.05, 0) is 10.4 Å². The summed E-state index contributed by atoms with van der Waals surface area (Å²) in [5.74, 6) is 2.27. The van der Waals surface area contributed by atoms with Gasteiger partial charge in [0.05, 0.1) is 6.61 Å². The van der Waals surface area contributed by atoms with E-state index in [0.717, 1.165) is 5.56 Å². The molecule has 0 unspecified atom stereocenters. The van der Waals surface area contributed by atoms with Crippen molar-refractivity contribution in [2.75, 3.05) is 20.3 Å².